The van der Waals surface area contributed by atoms with Gasteiger partial charge >= 0.3 is 5.69 Å². The van der Waals surface area contributed by atoms with Crippen molar-refractivity contribution in [3.63, 3.8) is 0 Å². The molecule has 0 radical (unpaired) electrons. The van der Waals surface area contributed by atoms with Crippen molar-refractivity contribution in [3.05, 3.63) is 45.6 Å². The number of para-hydroxylation sites is 2. The van der Waals surface area contributed by atoms with Gasteiger partial charge in [-0.3, -0.25) is 20.0 Å². The number of nitrogens with zero attached hydrogens (tertiary/aromatic N) is 2. The molecule has 8 nitrogen and oxygen atoms in total. The zero-order valence-corrected chi connectivity index (χ0v) is 11.5. The Labute approximate surface area is 120 Å². The van der Waals surface area contributed by atoms with Crippen LogP contribution in [-0.2, 0) is 4.79 Å². The summed E-state index contributed by atoms with van der Waals surface area (Å²) in [6, 6.07) is 5.88. The molecule has 0 atom stereocenters. The monoisotopic (exact) mass is 290 g/mol. The second-order valence-corrected chi connectivity index (χ2v) is 4.38. The van der Waals surface area contributed by atoms with Gasteiger partial charge < -0.3 is 10.1 Å². The van der Waals surface area contributed by atoms with Crippen LogP contribution in [0.25, 0.3) is 0 Å². The maximum absolute atomic E-state index is 11.8. The lowest BCUT2D eigenvalue weighted by Crippen LogP contribution is -2.21. The number of H-pyrrole nitrogens is 1. The minimum atomic E-state index is -0.561. The molecule has 2 rings (SSSR count). The van der Waals surface area contributed by atoms with Gasteiger partial charge in [-0.15, -0.1) is 0 Å². The van der Waals surface area contributed by atoms with Crippen LogP contribution < -0.4 is 10.1 Å². The number of anilines is 1. The Balaban J connectivity index is 1.99. The molecule has 110 valence electrons. The first-order valence-corrected chi connectivity index (χ1v) is 6.16. The highest BCUT2D eigenvalue weighted by molar-refractivity contribution is 5.91. The molecule has 0 bridgehead atoms. The fourth-order valence-corrected chi connectivity index (χ4v) is 1.65. The van der Waals surface area contributed by atoms with Gasteiger partial charge in [0.15, 0.2) is 18.2 Å². The van der Waals surface area contributed by atoms with E-state index in [1.54, 1.807) is 6.07 Å². The van der Waals surface area contributed by atoms with Gasteiger partial charge in [-0.25, -0.2) is 0 Å². The molecular weight excluding hydrogens is 276 g/mol. The lowest BCUT2D eigenvalue weighted by molar-refractivity contribution is -0.385. The van der Waals surface area contributed by atoms with E-state index in [1.807, 2.05) is 13.8 Å². The Morgan fingerprint density at radius 3 is 2.76 bits per heavy atom. The standard InChI is InChI=1S/C13H14N4O4/c1-8-9(2)15-16-13(8)14-12(18)7-21-11-6-4-3-5-10(11)17(19)20/h3-6H,7H2,1-2H3,(H2,14,15,16,18). The summed E-state index contributed by atoms with van der Waals surface area (Å²) in [5.74, 6) is 0.0268. The van der Waals surface area contributed by atoms with Gasteiger partial charge in [0.2, 0.25) is 0 Å². The normalized spacial score (nSPS) is 10.2. The Hall–Kier alpha value is -2.90. The zero-order valence-electron chi connectivity index (χ0n) is 11.5. The lowest BCUT2D eigenvalue weighted by Gasteiger charge is -2.06. The number of nitrogens with one attached hydrogen (secondary N) is 2. The molecule has 0 fully saturated rings. The number of carbonyl (C=O) groups excluding carboxylic acids is 1. The maximum atomic E-state index is 11.8. The van der Waals surface area contributed by atoms with Gasteiger partial charge in [-0.2, -0.15) is 5.10 Å². The van der Waals surface area contributed by atoms with Gasteiger partial charge in [-0.05, 0) is 19.9 Å². The summed E-state index contributed by atoms with van der Waals surface area (Å²) in [6.07, 6.45) is 0. The van der Waals surface area contributed by atoms with Gasteiger partial charge in [0.1, 0.15) is 0 Å². The van der Waals surface area contributed by atoms with Crippen LogP contribution in [0.4, 0.5) is 11.5 Å². The number of hydrogen-bond acceptors (Lipinski definition) is 5. The Bertz CT molecular complexity index is 681. The van der Waals surface area contributed by atoms with Crippen LogP contribution in [0.15, 0.2) is 24.3 Å². The SMILES string of the molecule is Cc1[nH]nc(NC(=O)COc2ccccc2[N+](=O)[O-])c1C. The minimum absolute atomic E-state index is 0.0487. The van der Waals surface area contributed by atoms with Crippen LogP contribution >= 0.6 is 0 Å². The molecular formula is C13H14N4O4. The number of rotatable bonds is 5. The molecule has 1 heterocycles. The van der Waals surface area contributed by atoms with Crippen LogP contribution in [0.2, 0.25) is 0 Å². The quantitative estimate of drug-likeness (QED) is 0.646. The van der Waals surface area contributed by atoms with Gasteiger partial charge in [0.25, 0.3) is 5.91 Å². The van der Waals surface area contributed by atoms with E-state index in [-0.39, 0.29) is 18.0 Å². The van der Waals surface area contributed by atoms with E-state index < -0.39 is 10.8 Å². The molecule has 0 aliphatic heterocycles. The third-order valence-electron chi connectivity index (χ3n) is 2.93. The largest absolute Gasteiger partial charge is 0.477 e. The van der Waals surface area contributed by atoms with E-state index >= 15 is 0 Å². The fourth-order valence-electron chi connectivity index (χ4n) is 1.65. The van der Waals surface area contributed by atoms with Crippen molar-refractivity contribution >= 4 is 17.4 Å². The van der Waals surface area contributed by atoms with Crippen molar-refractivity contribution in [1.82, 2.24) is 10.2 Å². The number of aromatic nitrogens is 2. The van der Waals surface area contributed by atoms with Crippen molar-refractivity contribution < 1.29 is 14.5 Å². The summed E-state index contributed by atoms with van der Waals surface area (Å²) in [4.78, 5) is 22.0. The predicted molar refractivity (Wildman–Crippen MR) is 75.3 cm³/mol. The first-order valence-electron chi connectivity index (χ1n) is 6.16. The van der Waals surface area contributed by atoms with E-state index in [9.17, 15) is 14.9 Å². The average molecular weight is 290 g/mol. The molecule has 2 N–H and O–H groups in total. The van der Waals surface area contributed by atoms with Crippen molar-refractivity contribution in [2.45, 2.75) is 13.8 Å². The van der Waals surface area contributed by atoms with Crippen molar-refractivity contribution in [2.24, 2.45) is 0 Å². The summed E-state index contributed by atoms with van der Waals surface area (Å²) in [7, 11) is 0. The number of nitro benzene ring substituents is 1. The Kier molecular flexibility index (Phi) is 4.17. The maximum Gasteiger partial charge on any atom is 0.310 e. The van der Waals surface area contributed by atoms with Crippen LogP contribution in [-0.4, -0.2) is 27.6 Å². The second-order valence-electron chi connectivity index (χ2n) is 4.38. The number of ether oxygens (including phenoxy) is 1. The molecule has 1 amide bonds. The number of aromatic amines is 1. The Morgan fingerprint density at radius 1 is 1.43 bits per heavy atom. The molecule has 2 aromatic rings. The third-order valence-corrected chi connectivity index (χ3v) is 2.93. The van der Waals surface area contributed by atoms with Gasteiger partial charge in [0.05, 0.1) is 4.92 Å². The van der Waals surface area contributed by atoms with Crippen LogP contribution in [0.3, 0.4) is 0 Å². The third kappa shape index (κ3) is 3.35. The zero-order chi connectivity index (χ0) is 15.4. The highest BCUT2D eigenvalue weighted by Gasteiger charge is 2.15. The molecule has 21 heavy (non-hydrogen) atoms. The van der Waals surface area contributed by atoms with E-state index in [2.05, 4.69) is 15.5 Å². The van der Waals surface area contributed by atoms with Crippen LogP contribution in [0, 0.1) is 24.0 Å². The first kappa shape index (κ1) is 14.5. The number of carbonyl (C=O) groups is 1. The van der Waals surface area contributed by atoms with Crippen LogP contribution in [0.1, 0.15) is 11.3 Å². The molecule has 0 saturated carbocycles. The average Bonchev–Trinajstić information content (AvgIpc) is 2.77. The molecule has 1 aromatic heterocycles. The van der Waals surface area contributed by atoms with Gasteiger partial charge in [-0.1, -0.05) is 12.1 Å². The lowest BCUT2D eigenvalue weighted by atomic mass is 10.3. The van der Waals surface area contributed by atoms with Crippen molar-refractivity contribution in [1.29, 1.82) is 0 Å². The fraction of sp³-hybridized carbons (Fsp3) is 0.231. The molecule has 1 aromatic carbocycles. The second kappa shape index (κ2) is 6.04. The topological polar surface area (TPSA) is 110 Å². The molecule has 0 saturated heterocycles. The number of amides is 1. The highest BCUT2D eigenvalue weighted by Crippen LogP contribution is 2.25. The van der Waals surface area contributed by atoms with E-state index in [0.29, 0.717) is 5.82 Å². The summed E-state index contributed by atoms with van der Waals surface area (Å²) in [5.41, 5.74) is 1.50. The summed E-state index contributed by atoms with van der Waals surface area (Å²) < 4.78 is 5.19. The minimum Gasteiger partial charge on any atom is -0.477 e. The molecule has 0 unspecified atom stereocenters. The Morgan fingerprint density at radius 2 is 2.14 bits per heavy atom. The molecule has 0 spiro atoms. The number of hydrogen-bond donors (Lipinski definition) is 2. The van der Waals surface area contributed by atoms with Crippen molar-refractivity contribution in [2.75, 3.05) is 11.9 Å². The van der Waals surface area contributed by atoms with E-state index in [1.165, 1.54) is 18.2 Å². The van der Waals surface area contributed by atoms with E-state index in [4.69, 9.17) is 4.74 Å². The predicted octanol–water partition coefficient (Wildman–Crippen LogP) is 1.95. The number of nitro groups is 1. The molecule has 0 aliphatic carbocycles. The van der Waals surface area contributed by atoms with Crippen LogP contribution in [0.5, 0.6) is 5.75 Å². The van der Waals surface area contributed by atoms with Crippen molar-refractivity contribution in [3.8, 4) is 5.75 Å². The molecule has 0 aliphatic rings. The smallest absolute Gasteiger partial charge is 0.310 e. The summed E-state index contributed by atoms with van der Waals surface area (Å²) in [5, 5.41) is 20.1. The van der Waals surface area contributed by atoms with E-state index in [0.717, 1.165) is 11.3 Å². The summed E-state index contributed by atoms with van der Waals surface area (Å²) in [6.45, 7) is 3.31. The highest BCUT2D eigenvalue weighted by atomic mass is 16.6. The number of aryl methyl sites for hydroxylation is 1. The summed E-state index contributed by atoms with van der Waals surface area (Å²) >= 11 is 0. The first-order chi connectivity index (χ1) is 9.99. The number of benzene rings is 1. The van der Waals surface area contributed by atoms with Gasteiger partial charge in [0, 0.05) is 17.3 Å². The molecule has 8 heteroatoms.